The van der Waals surface area contributed by atoms with E-state index in [1.807, 2.05) is 38.1 Å². The number of benzene rings is 1. The average Bonchev–Trinajstić information content (AvgIpc) is 2.49. The molecular formula is C17H25NO3. The molecule has 0 saturated heterocycles. The molecule has 21 heavy (non-hydrogen) atoms. The minimum absolute atomic E-state index is 0.0362. The smallest absolute Gasteiger partial charge is 0.230 e. The van der Waals surface area contributed by atoms with Gasteiger partial charge in [-0.15, -0.1) is 0 Å². The van der Waals surface area contributed by atoms with E-state index in [9.17, 15) is 9.90 Å². The van der Waals surface area contributed by atoms with Crippen molar-refractivity contribution >= 4 is 5.91 Å². The first-order valence-electron chi connectivity index (χ1n) is 7.57. The van der Waals surface area contributed by atoms with Crippen LogP contribution in [-0.2, 0) is 10.2 Å². The second-order valence-electron chi connectivity index (χ2n) is 6.33. The van der Waals surface area contributed by atoms with Crippen LogP contribution in [0.4, 0.5) is 0 Å². The Morgan fingerprint density at radius 3 is 2.29 bits per heavy atom. The lowest BCUT2D eigenvalue weighted by molar-refractivity contribution is -0.126. The predicted molar refractivity (Wildman–Crippen MR) is 82.4 cm³/mol. The first-order valence-corrected chi connectivity index (χ1v) is 7.57. The number of amides is 1. The monoisotopic (exact) mass is 291 g/mol. The fraction of sp³-hybridized carbons (Fsp3) is 0.588. The van der Waals surface area contributed by atoms with Gasteiger partial charge in [0.05, 0.1) is 18.6 Å². The summed E-state index contributed by atoms with van der Waals surface area (Å²) in [7, 11) is 1.63. The zero-order chi connectivity index (χ0) is 15.5. The highest BCUT2D eigenvalue weighted by molar-refractivity contribution is 5.87. The second kappa shape index (κ2) is 6.48. The molecule has 1 aliphatic carbocycles. The number of hydrogen-bond acceptors (Lipinski definition) is 3. The summed E-state index contributed by atoms with van der Waals surface area (Å²) in [6, 6.07) is 7.80. The van der Waals surface area contributed by atoms with Crippen molar-refractivity contribution < 1.29 is 14.6 Å². The Labute approximate surface area is 126 Å². The maximum atomic E-state index is 12.6. The van der Waals surface area contributed by atoms with Gasteiger partial charge in [0.2, 0.25) is 5.91 Å². The predicted octanol–water partition coefficient (Wildman–Crippen LogP) is 2.39. The van der Waals surface area contributed by atoms with Crippen LogP contribution in [0.3, 0.4) is 0 Å². The molecule has 0 unspecified atom stereocenters. The molecule has 0 aromatic heterocycles. The Hall–Kier alpha value is -1.55. The van der Waals surface area contributed by atoms with Gasteiger partial charge in [0.1, 0.15) is 5.75 Å². The average molecular weight is 291 g/mol. The molecule has 0 aliphatic heterocycles. The molecule has 0 spiro atoms. The summed E-state index contributed by atoms with van der Waals surface area (Å²) >= 11 is 0. The highest BCUT2D eigenvalue weighted by Gasteiger charge is 2.32. The lowest BCUT2D eigenvalue weighted by Gasteiger charge is -2.31. The second-order valence-corrected chi connectivity index (χ2v) is 6.33. The van der Waals surface area contributed by atoms with Crippen molar-refractivity contribution in [3.63, 3.8) is 0 Å². The summed E-state index contributed by atoms with van der Waals surface area (Å²) in [4.78, 5) is 12.6. The van der Waals surface area contributed by atoms with Gasteiger partial charge in [-0.25, -0.2) is 0 Å². The SMILES string of the molecule is COc1ccc(C(C)(C)C(=O)NC2CCC(O)CC2)cc1. The van der Waals surface area contributed by atoms with Crippen LogP contribution in [0.5, 0.6) is 5.75 Å². The maximum Gasteiger partial charge on any atom is 0.230 e. The van der Waals surface area contributed by atoms with E-state index in [1.54, 1.807) is 7.11 Å². The van der Waals surface area contributed by atoms with E-state index < -0.39 is 5.41 Å². The van der Waals surface area contributed by atoms with Crippen LogP contribution >= 0.6 is 0 Å². The number of carbonyl (C=O) groups is 1. The fourth-order valence-corrected chi connectivity index (χ4v) is 2.72. The van der Waals surface area contributed by atoms with Gasteiger partial charge >= 0.3 is 0 Å². The summed E-state index contributed by atoms with van der Waals surface area (Å²) < 4.78 is 5.15. The summed E-state index contributed by atoms with van der Waals surface area (Å²) in [6.07, 6.45) is 3.05. The minimum atomic E-state index is -0.581. The molecule has 116 valence electrons. The van der Waals surface area contributed by atoms with Crippen molar-refractivity contribution in [1.29, 1.82) is 0 Å². The minimum Gasteiger partial charge on any atom is -0.497 e. The van der Waals surface area contributed by atoms with Gasteiger partial charge in [-0.3, -0.25) is 4.79 Å². The third-order valence-corrected chi connectivity index (χ3v) is 4.41. The van der Waals surface area contributed by atoms with Crippen molar-refractivity contribution in [3.05, 3.63) is 29.8 Å². The molecule has 2 rings (SSSR count). The largest absolute Gasteiger partial charge is 0.497 e. The highest BCUT2D eigenvalue weighted by atomic mass is 16.5. The van der Waals surface area contributed by atoms with Gasteiger partial charge in [0.15, 0.2) is 0 Å². The number of hydrogen-bond donors (Lipinski definition) is 2. The Morgan fingerprint density at radius 1 is 1.19 bits per heavy atom. The number of ether oxygens (including phenoxy) is 1. The molecule has 0 atom stereocenters. The molecule has 4 nitrogen and oxygen atoms in total. The van der Waals surface area contributed by atoms with Crippen LogP contribution in [0, 0.1) is 0 Å². The fourth-order valence-electron chi connectivity index (χ4n) is 2.72. The highest BCUT2D eigenvalue weighted by Crippen LogP contribution is 2.27. The van der Waals surface area contributed by atoms with Crippen LogP contribution in [0.15, 0.2) is 24.3 Å². The number of rotatable bonds is 4. The Kier molecular flexibility index (Phi) is 4.88. The summed E-state index contributed by atoms with van der Waals surface area (Å²) in [5.74, 6) is 0.824. The molecule has 1 aromatic carbocycles. The standard InChI is InChI=1S/C17H25NO3/c1-17(2,12-4-10-15(21-3)11-5-12)16(20)18-13-6-8-14(19)9-7-13/h4-5,10-11,13-14,19H,6-9H2,1-3H3,(H,18,20). The van der Waals surface area contributed by atoms with Crippen LogP contribution in [0.1, 0.15) is 45.1 Å². The summed E-state index contributed by atoms with van der Waals surface area (Å²) in [5.41, 5.74) is 0.388. The third kappa shape index (κ3) is 3.76. The molecule has 1 fully saturated rings. The number of nitrogens with one attached hydrogen (secondary N) is 1. The van der Waals surface area contributed by atoms with Crippen LogP contribution < -0.4 is 10.1 Å². The Morgan fingerprint density at radius 2 is 1.76 bits per heavy atom. The topological polar surface area (TPSA) is 58.6 Å². The van der Waals surface area contributed by atoms with E-state index in [1.165, 1.54) is 0 Å². The first-order chi connectivity index (χ1) is 9.93. The van der Waals surface area contributed by atoms with E-state index in [0.29, 0.717) is 0 Å². The molecule has 4 heteroatoms. The van der Waals surface area contributed by atoms with Crippen molar-refractivity contribution in [2.45, 2.75) is 57.1 Å². The molecule has 0 bridgehead atoms. The Bertz CT molecular complexity index is 473. The van der Waals surface area contributed by atoms with E-state index >= 15 is 0 Å². The van der Waals surface area contributed by atoms with Crippen molar-refractivity contribution in [2.75, 3.05) is 7.11 Å². The van der Waals surface area contributed by atoms with Crippen LogP contribution in [0.2, 0.25) is 0 Å². The molecule has 2 N–H and O–H groups in total. The van der Waals surface area contributed by atoms with Crippen LogP contribution in [0.25, 0.3) is 0 Å². The van der Waals surface area contributed by atoms with Crippen molar-refractivity contribution in [2.24, 2.45) is 0 Å². The van der Waals surface area contributed by atoms with E-state index in [4.69, 9.17) is 4.74 Å². The molecule has 1 aliphatic rings. The summed E-state index contributed by atoms with van der Waals surface area (Å²) in [5, 5.41) is 12.6. The number of methoxy groups -OCH3 is 1. The van der Waals surface area contributed by atoms with Gasteiger partial charge in [-0.2, -0.15) is 0 Å². The van der Waals surface area contributed by atoms with Crippen molar-refractivity contribution in [1.82, 2.24) is 5.32 Å². The van der Waals surface area contributed by atoms with E-state index in [0.717, 1.165) is 37.0 Å². The van der Waals surface area contributed by atoms with Gasteiger partial charge in [0.25, 0.3) is 0 Å². The van der Waals surface area contributed by atoms with Gasteiger partial charge in [-0.1, -0.05) is 12.1 Å². The Balaban J connectivity index is 2.01. The zero-order valence-corrected chi connectivity index (χ0v) is 13.1. The normalized spacial score (nSPS) is 22.7. The number of carbonyl (C=O) groups excluding carboxylic acids is 1. The van der Waals surface area contributed by atoms with Gasteiger partial charge in [-0.05, 0) is 57.2 Å². The maximum absolute atomic E-state index is 12.6. The summed E-state index contributed by atoms with van der Waals surface area (Å²) in [6.45, 7) is 3.86. The lowest BCUT2D eigenvalue weighted by Crippen LogP contribution is -2.46. The molecular weight excluding hydrogens is 266 g/mol. The van der Waals surface area contributed by atoms with Crippen molar-refractivity contribution in [3.8, 4) is 5.75 Å². The molecule has 1 aromatic rings. The zero-order valence-electron chi connectivity index (χ0n) is 13.1. The molecule has 1 saturated carbocycles. The van der Waals surface area contributed by atoms with E-state index in [2.05, 4.69) is 5.32 Å². The molecule has 1 amide bonds. The third-order valence-electron chi connectivity index (χ3n) is 4.41. The quantitative estimate of drug-likeness (QED) is 0.895. The van der Waals surface area contributed by atoms with E-state index in [-0.39, 0.29) is 18.1 Å². The lowest BCUT2D eigenvalue weighted by atomic mass is 9.82. The number of aliphatic hydroxyl groups excluding tert-OH is 1. The molecule has 0 heterocycles. The van der Waals surface area contributed by atoms with Gasteiger partial charge in [0, 0.05) is 6.04 Å². The first kappa shape index (κ1) is 15.8. The van der Waals surface area contributed by atoms with Gasteiger partial charge < -0.3 is 15.2 Å². The molecule has 0 radical (unpaired) electrons. The van der Waals surface area contributed by atoms with Crippen LogP contribution in [-0.4, -0.2) is 30.3 Å². The number of aliphatic hydroxyl groups is 1.